The van der Waals surface area contributed by atoms with Crippen molar-refractivity contribution in [2.45, 2.75) is 4.90 Å². The van der Waals surface area contributed by atoms with Gasteiger partial charge in [0.2, 0.25) is 0 Å². The maximum Gasteiger partial charge on any atom is 0.337 e. The van der Waals surface area contributed by atoms with Gasteiger partial charge in [-0.25, -0.2) is 18.6 Å². The number of hydrogen-bond donors (Lipinski definition) is 2. The number of anilines is 1. The lowest BCUT2D eigenvalue weighted by Gasteiger charge is -2.09. The van der Waals surface area contributed by atoms with Crippen molar-refractivity contribution in [3.05, 3.63) is 94.5 Å². The van der Waals surface area contributed by atoms with E-state index in [1.54, 1.807) is 36.4 Å². The average molecular weight is 472 g/mol. The summed E-state index contributed by atoms with van der Waals surface area (Å²) in [6.45, 7) is 0. The molecule has 2 N–H and O–H groups in total. The molecule has 0 aromatic heterocycles. The SMILES string of the molecule is COC(=O)c1ccc(/C=N/NC(=O)c2cccc(S(=O)(=O)Nc3ccc(Cl)cc3)c2)cc1. The number of halogens is 1. The fourth-order valence-electron chi connectivity index (χ4n) is 2.59. The van der Waals surface area contributed by atoms with Crippen LogP contribution in [-0.4, -0.2) is 33.6 Å². The summed E-state index contributed by atoms with van der Waals surface area (Å²) in [5, 5.41) is 4.34. The standard InChI is InChI=1S/C22H18ClN3O5S/c1-31-22(28)16-7-5-15(6-8-16)14-24-25-21(27)17-3-2-4-20(13-17)32(29,30)26-19-11-9-18(23)10-12-19/h2-14,26H,1H3,(H,25,27)/b24-14+. The Morgan fingerprint density at radius 3 is 2.31 bits per heavy atom. The average Bonchev–Trinajstić information content (AvgIpc) is 2.80. The Hall–Kier alpha value is -3.69. The molecule has 10 heteroatoms. The van der Waals surface area contributed by atoms with E-state index in [0.717, 1.165) is 0 Å². The van der Waals surface area contributed by atoms with Crippen LogP contribution in [0.5, 0.6) is 0 Å². The molecule has 0 atom stereocenters. The smallest absolute Gasteiger partial charge is 0.337 e. The summed E-state index contributed by atoms with van der Waals surface area (Å²) in [7, 11) is -2.62. The van der Waals surface area contributed by atoms with E-state index in [0.29, 0.717) is 21.8 Å². The number of ether oxygens (including phenoxy) is 1. The van der Waals surface area contributed by atoms with Gasteiger partial charge in [0.15, 0.2) is 0 Å². The summed E-state index contributed by atoms with van der Waals surface area (Å²) in [6.07, 6.45) is 1.39. The highest BCUT2D eigenvalue weighted by atomic mass is 35.5. The second kappa shape index (κ2) is 10.1. The first kappa shape index (κ1) is 23.0. The third-order valence-corrected chi connectivity index (χ3v) is 5.85. The number of benzene rings is 3. The van der Waals surface area contributed by atoms with E-state index in [4.69, 9.17) is 11.6 Å². The van der Waals surface area contributed by atoms with Crippen LogP contribution in [0.2, 0.25) is 5.02 Å². The van der Waals surface area contributed by atoms with Gasteiger partial charge in [0.05, 0.1) is 23.8 Å². The number of rotatable bonds is 7. The molecular weight excluding hydrogens is 454 g/mol. The van der Waals surface area contributed by atoms with E-state index in [-0.39, 0.29) is 10.5 Å². The number of methoxy groups -OCH3 is 1. The molecule has 0 spiro atoms. The molecule has 0 fully saturated rings. The largest absolute Gasteiger partial charge is 0.465 e. The maximum absolute atomic E-state index is 12.6. The van der Waals surface area contributed by atoms with E-state index in [2.05, 4.69) is 20.0 Å². The van der Waals surface area contributed by atoms with Gasteiger partial charge in [-0.15, -0.1) is 0 Å². The summed E-state index contributed by atoms with van der Waals surface area (Å²) in [5.41, 5.74) is 3.82. The van der Waals surface area contributed by atoms with Gasteiger partial charge < -0.3 is 4.74 Å². The van der Waals surface area contributed by atoms with Crippen molar-refractivity contribution in [3.8, 4) is 0 Å². The van der Waals surface area contributed by atoms with Crippen LogP contribution < -0.4 is 10.1 Å². The van der Waals surface area contributed by atoms with Gasteiger partial charge in [-0.3, -0.25) is 9.52 Å². The third kappa shape index (κ3) is 5.93. The first-order valence-electron chi connectivity index (χ1n) is 9.19. The van der Waals surface area contributed by atoms with E-state index < -0.39 is 21.9 Å². The van der Waals surface area contributed by atoms with Gasteiger partial charge in [0, 0.05) is 16.3 Å². The molecule has 0 unspecified atom stereocenters. The summed E-state index contributed by atoms with van der Waals surface area (Å²) in [4.78, 5) is 23.7. The highest BCUT2D eigenvalue weighted by Crippen LogP contribution is 2.19. The molecule has 0 radical (unpaired) electrons. The molecule has 3 aromatic rings. The zero-order valence-corrected chi connectivity index (χ0v) is 18.4. The van der Waals surface area contributed by atoms with Crippen LogP contribution in [-0.2, 0) is 14.8 Å². The van der Waals surface area contributed by atoms with Gasteiger partial charge in [0.25, 0.3) is 15.9 Å². The first-order chi connectivity index (χ1) is 15.3. The Bertz CT molecular complexity index is 1260. The number of sulfonamides is 1. The molecule has 164 valence electrons. The minimum absolute atomic E-state index is 0.0810. The van der Waals surface area contributed by atoms with Crippen molar-refractivity contribution in [2.75, 3.05) is 11.8 Å². The summed E-state index contributed by atoms with van der Waals surface area (Å²) < 4.78 is 32.3. The van der Waals surface area contributed by atoms with E-state index in [1.807, 2.05) is 0 Å². The molecular formula is C22H18ClN3O5S. The van der Waals surface area contributed by atoms with Crippen LogP contribution in [0.1, 0.15) is 26.3 Å². The Labute approximate surface area is 189 Å². The van der Waals surface area contributed by atoms with E-state index in [9.17, 15) is 18.0 Å². The van der Waals surface area contributed by atoms with Crippen molar-refractivity contribution in [2.24, 2.45) is 5.10 Å². The van der Waals surface area contributed by atoms with Crippen molar-refractivity contribution in [1.29, 1.82) is 0 Å². The van der Waals surface area contributed by atoms with Crippen molar-refractivity contribution < 1.29 is 22.7 Å². The molecule has 0 aliphatic rings. The maximum atomic E-state index is 12.6. The van der Waals surface area contributed by atoms with Gasteiger partial charge in [-0.1, -0.05) is 29.8 Å². The van der Waals surface area contributed by atoms with Crippen LogP contribution in [0, 0.1) is 0 Å². The van der Waals surface area contributed by atoms with Gasteiger partial charge in [0.1, 0.15) is 0 Å². The van der Waals surface area contributed by atoms with Crippen molar-refractivity contribution in [3.63, 3.8) is 0 Å². The molecule has 3 rings (SSSR count). The predicted octanol–water partition coefficient (Wildman–Crippen LogP) is 3.69. The second-order valence-corrected chi connectivity index (χ2v) is 8.57. The highest BCUT2D eigenvalue weighted by molar-refractivity contribution is 7.92. The second-order valence-electron chi connectivity index (χ2n) is 6.45. The lowest BCUT2D eigenvalue weighted by atomic mass is 10.1. The fourth-order valence-corrected chi connectivity index (χ4v) is 3.82. The lowest BCUT2D eigenvalue weighted by molar-refractivity contribution is 0.0600. The van der Waals surface area contributed by atoms with E-state index >= 15 is 0 Å². The zero-order chi connectivity index (χ0) is 23.1. The Balaban J connectivity index is 1.67. The van der Waals surface area contributed by atoms with Gasteiger partial charge in [-0.05, 0) is 60.2 Å². The lowest BCUT2D eigenvalue weighted by Crippen LogP contribution is -2.19. The van der Waals surface area contributed by atoms with Crippen LogP contribution >= 0.6 is 11.6 Å². The monoisotopic (exact) mass is 471 g/mol. The molecule has 1 amide bonds. The molecule has 0 heterocycles. The Kier molecular flexibility index (Phi) is 7.24. The summed E-state index contributed by atoms with van der Waals surface area (Å²) in [5.74, 6) is -1.04. The number of esters is 1. The zero-order valence-electron chi connectivity index (χ0n) is 16.8. The van der Waals surface area contributed by atoms with Crippen molar-refractivity contribution >= 4 is 45.4 Å². The van der Waals surface area contributed by atoms with Crippen molar-refractivity contribution in [1.82, 2.24) is 5.43 Å². The molecule has 32 heavy (non-hydrogen) atoms. The topological polar surface area (TPSA) is 114 Å². The number of carbonyl (C=O) groups excluding carboxylic acids is 2. The molecule has 0 aliphatic carbocycles. The molecule has 8 nitrogen and oxygen atoms in total. The van der Waals surface area contributed by atoms with Crippen LogP contribution in [0.4, 0.5) is 5.69 Å². The minimum Gasteiger partial charge on any atom is -0.465 e. The molecule has 0 aliphatic heterocycles. The molecule has 0 saturated carbocycles. The first-order valence-corrected chi connectivity index (χ1v) is 11.0. The minimum atomic E-state index is -3.91. The van der Waals surface area contributed by atoms with Gasteiger partial charge in [-0.2, -0.15) is 5.10 Å². The molecule has 0 saturated heterocycles. The quantitative estimate of drug-likeness (QED) is 0.310. The summed E-state index contributed by atoms with van der Waals surface area (Å²) in [6, 6.07) is 18.1. The van der Waals surface area contributed by atoms with Gasteiger partial charge >= 0.3 is 5.97 Å². The van der Waals surface area contributed by atoms with Crippen LogP contribution in [0.25, 0.3) is 0 Å². The number of nitrogens with one attached hydrogen (secondary N) is 2. The molecule has 0 bridgehead atoms. The number of nitrogens with zero attached hydrogens (tertiary/aromatic N) is 1. The summed E-state index contributed by atoms with van der Waals surface area (Å²) >= 11 is 5.81. The normalized spacial score (nSPS) is 11.2. The highest BCUT2D eigenvalue weighted by Gasteiger charge is 2.16. The number of amides is 1. The van der Waals surface area contributed by atoms with Crippen LogP contribution in [0.3, 0.4) is 0 Å². The Morgan fingerprint density at radius 1 is 0.969 bits per heavy atom. The predicted molar refractivity (Wildman–Crippen MR) is 122 cm³/mol. The number of hydrogen-bond acceptors (Lipinski definition) is 6. The van der Waals surface area contributed by atoms with Crippen LogP contribution in [0.15, 0.2) is 82.8 Å². The van der Waals surface area contributed by atoms with E-state index in [1.165, 1.54) is 49.7 Å². The molecule has 3 aromatic carbocycles. The number of carbonyl (C=O) groups is 2. The number of hydrazone groups is 1. The Morgan fingerprint density at radius 2 is 1.66 bits per heavy atom. The fraction of sp³-hybridized carbons (Fsp3) is 0.0455. The third-order valence-electron chi connectivity index (χ3n) is 4.21.